The van der Waals surface area contributed by atoms with E-state index in [4.69, 9.17) is 15.3 Å². The molecule has 0 bridgehead atoms. The molecule has 0 radical (unpaired) electrons. The second-order valence-corrected chi connectivity index (χ2v) is 4.60. The standard InChI is InChI=1S/C12H9BrFN3O/c13-11-8(5-15)1-2-10(12(11)14)17-3-4-18-9(6-16)7-17/h1-2,9H,3-4,7H2. The Kier molecular flexibility index (Phi) is 3.81. The Hall–Kier alpha value is -1.63. The minimum absolute atomic E-state index is 0.155. The van der Waals surface area contributed by atoms with Crippen LogP contribution in [0, 0.1) is 28.5 Å². The number of nitriles is 2. The molecule has 1 aromatic carbocycles. The van der Waals surface area contributed by atoms with Gasteiger partial charge >= 0.3 is 0 Å². The van der Waals surface area contributed by atoms with Crippen molar-refractivity contribution in [2.75, 3.05) is 24.6 Å². The quantitative estimate of drug-likeness (QED) is 0.798. The minimum atomic E-state index is -0.549. The van der Waals surface area contributed by atoms with Gasteiger partial charge in [0.25, 0.3) is 0 Å². The highest BCUT2D eigenvalue weighted by molar-refractivity contribution is 9.10. The van der Waals surface area contributed by atoms with Crippen molar-refractivity contribution in [3.63, 3.8) is 0 Å². The third kappa shape index (κ3) is 2.31. The number of ether oxygens (including phenoxy) is 1. The van der Waals surface area contributed by atoms with Gasteiger partial charge in [0.05, 0.1) is 34.9 Å². The second kappa shape index (κ2) is 5.34. The van der Waals surface area contributed by atoms with Crippen LogP contribution in [0.1, 0.15) is 5.56 Å². The highest BCUT2D eigenvalue weighted by Crippen LogP contribution is 2.30. The molecule has 0 amide bonds. The molecule has 1 atom stereocenters. The van der Waals surface area contributed by atoms with Crippen LogP contribution in [0.2, 0.25) is 0 Å². The van der Waals surface area contributed by atoms with Crippen LogP contribution in [0.5, 0.6) is 0 Å². The highest BCUT2D eigenvalue weighted by atomic mass is 79.9. The summed E-state index contributed by atoms with van der Waals surface area (Å²) in [5, 5.41) is 17.6. The van der Waals surface area contributed by atoms with Crippen LogP contribution < -0.4 is 4.90 Å². The zero-order chi connectivity index (χ0) is 13.1. The van der Waals surface area contributed by atoms with Gasteiger partial charge in [-0.2, -0.15) is 10.5 Å². The Morgan fingerprint density at radius 2 is 2.22 bits per heavy atom. The molecular formula is C12H9BrFN3O. The Morgan fingerprint density at radius 3 is 2.89 bits per heavy atom. The van der Waals surface area contributed by atoms with Crippen LogP contribution >= 0.6 is 15.9 Å². The molecule has 6 heteroatoms. The van der Waals surface area contributed by atoms with E-state index in [-0.39, 0.29) is 10.0 Å². The molecule has 0 spiro atoms. The maximum Gasteiger partial charge on any atom is 0.161 e. The van der Waals surface area contributed by atoms with Crippen LogP contribution in [0.15, 0.2) is 16.6 Å². The molecule has 1 heterocycles. The first kappa shape index (κ1) is 12.8. The number of nitrogens with zero attached hydrogens (tertiary/aromatic N) is 3. The fourth-order valence-electron chi connectivity index (χ4n) is 1.82. The molecule has 1 fully saturated rings. The summed E-state index contributed by atoms with van der Waals surface area (Å²) in [6, 6.07) is 7.02. The summed E-state index contributed by atoms with van der Waals surface area (Å²) in [7, 11) is 0. The summed E-state index contributed by atoms with van der Waals surface area (Å²) >= 11 is 3.07. The molecule has 1 aliphatic heterocycles. The summed E-state index contributed by atoms with van der Waals surface area (Å²) in [5.41, 5.74) is 0.630. The van der Waals surface area contributed by atoms with Crippen LogP contribution in [-0.2, 0) is 4.74 Å². The van der Waals surface area contributed by atoms with Crippen LogP contribution in [0.25, 0.3) is 0 Å². The lowest BCUT2D eigenvalue weighted by Crippen LogP contribution is -2.42. The largest absolute Gasteiger partial charge is 0.363 e. The summed E-state index contributed by atoms with van der Waals surface area (Å²) < 4.78 is 19.5. The van der Waals surface area contributed by atoms with Crippen LogP contribution in [0.3, 0.4) is 0 Å². The van der Waals surface area contributed by atoms with E-state index in [0.29, 0.717) is 25.4 Å². The second-order valence-electron chi connectivity index (χ2n) is 3.81. The van der Waals surface area contributed by atoms with Gasteiger partial charge in [-0.15, -0.1) is 0 Å². The minimum Gasteiger partial charge on any atom is -0.363 e. The fourth-order valence-corrected chi connectivity index (χ4v) is 2.24. The van der Waals surface area contributed by atoms with E-state index in [1.54, 1.807) is 17.0 Å². The van der Waals surface area contributed by atoms with E-state index in [2.05, 4.69) is 15.9 Å². The fraction of sp³-hybridized carbons (Fsp3) is 0.333. The first-order valence-electron chi connectivity index (χ1n) is 5.31. The van der Waals surface area contributed by atoms with E-state index in [1.807, 2.05) is 12.1 Å². The normalized spacial score (nSPS) is 19.1. The predicted octanol–water partition coefficient (Wildman–Crippen LogP) is 2.19. The molecule has 0 aromatic heterocycles. The number of benzene rings is 1. The van der Waals surface area contributed by atoms with Gasteiger partial charge < -0.3 is 9.64 Å². The molecule has 2 rings (SSSR count). The van der Waals surface area contributed by atoms with E-state index in [9.17, 15) is 4.39 Å². The lowest BCUT2D eigenvalue weighted by Gasteiger charge is -2.32. The van der Waals surface area contributed by atoms with Crippen molar-refractivity contribution >= 4 is 21.6 Å². The van der Waals surface area contributed by atoms with Gasteiger partial charge in [0.2, 0.25) is 0 Å². The van der Waals surface area contributed by atoms with E-state index in [1.165, 1.54) is 0 Å². The van der Waals surface area contributed by atoms with Gasteiger partial charge in [0, 0.05) is 6.54 Å². The zero-order valence-electron chi connectivity index (χ0n) is 9.36. The number of morpholine rings is 1. The molecule has 0 saturated carbocycles. The molecule has 0 N–H and O–H groups in total. The Morgan fingerprint density at radius 1 is 1.44 bits per heavy atom. The number of hydrogen-bond acceptors (Lipinski definition) is 4. The highest BCUT2D eigenvalue weighted by Gasteiger charge is 2.23. The monoisotopic (exact) mass is 309 g/mol. The lowest BCUT2D eigenvalue weighted by molar-refractivity contribution is 0.0762. The molecule has 4 nitrogen and oxygen atoms in total. The Balaban J connectivity index is 2.32. The maximum atomic E-state index is 14.1. The third-order valence-electron chi connectivity index (χ3n) is 2.73. The predicted molar refractivity (Wildman–Crippen MR) is 66.4 cm³/mol. The molecule has 1 aromatic rings. The Labute approximate surface area is 112 Å². The maximum absolute atomic E-state index is 14.1. The molecule has 18 heavy (non-hydrogen) atoms. The first-order valence-corrected chi connectivity index (χ1v) is 6.11. The summed E-state index contributed by atoms with van der Waals surface area (Å²) in [6.07, 6.45) is -0.549. The zero-order valence-corrected chi connectivity index (χ0v) is 10.9. The summed E-state index contributed by atoms with van der Waals surface area (Å²) in [4.78, 5) is 1.75. The van der Waals surface area contributed by atoms with Gasteiger partial charge in [0.15, 0.2) is 11.9 Å². The van der Waals surface area contributed by atoms with Crippen molar-refractivity contribution in [3.05, 3.63) is 28.0 Å². The van der Waals surface area contributed by atoms with Crippen molar-refractivity contribution in [1.29, 1.82) is 10.5 Å². The molecule has 1 unspecified atom stereocenters. The van der Waals surface area contributed by atoms with Gasteiger partial charge in [-0.1, -0.05) is 0 Å². The molecule has 1 aliphatic rings. The van der Waals surface area contributed by atoms with Crippen molar-refractivity contribution in [2.24, 2.45) is 0 Å². The topological polar surface area (TPSA) is 60.1 Å². The molecule has 1 saturated heterocycles. The van der Waals surface area contributed by atoms with Gasteiger partial charge in [-0.25, -0.2) is 4.39 Å². The van der Waals surface area contributed by atoms with Crippen molar-refractivity contribution in [2.45, 2.75) is 6.10 Å². The molecular weight excluding hydrogens is 301 g/mol. The van der Waals surface area contributed by atoms with Gasteiger partial charge in [0.1, 0.15) is 6.07 Å². The smallest absolute Gasteiger partial charge is 0.161 e. The van der Waals surface area contributed by atoms with E-state index < -0.39 is 11.9 Å². The van der Waals surface area contributed by atoms with Crippen LogP contribution in [0.4, 0.5) is 10.1 Å². The van der Waals surface area contributed by atoms with Crippen LogP contribution in [-0.4, -0.2) is 25.8 Å². The number of halogens is 2. The van der Waals surface area contributed by atoms with Gasteiger partial charge in [-0.3, -0.25) is 0 Å². The van der Waals surface area contributed by atoms with Crippen molar-refractivity contribution < 1.29 is 9.13 Å². The molecule has 0 aliphatic carbocycles. The van der Waals surface area contributed by atoms with E-state index >= 15 is 0 Å². The van der Waals surface area contributed by atoms with Gasteiger partial charge in [-0.05, 0) is 28.1 Å². The average Bonchev–Trinajstić information content (AvgIpc) is 2.42. The first-order chi connectivity index (χ1) is 8.67. The third-order valence-corrected chi connectivity index (χ3v) is 3.51. The molecule has 92 valence electrons. The Bertz CT molecular complexity index is 549. The van der Waals surface area contributed by atoms with Crippen molar-refractivity contribution in [3.8, 4) is 12.1 Å². The average molecular weight is 310 g/mol. The van der Waals surface area contributed by atoms with E-state index in [0.717, 1.165) is 0 Å². The summed E-state index contributed by atoms with van der Waals surface area (Å²) in [5.74, 6) is -0.479. The summed E-state index contributed by atoms with van der Waals surface area (Å²) in [6.45, 7) is 1.23. The number of rotatable bonds is 1. The number of hydrogen-bond donors (Lipinski definition) is 0. The van der Waals surface area contributed by atoms with Crippen molar-refractivity contribution in [1.82, 2.24) is 0 Å². The number of anilines is 1. The SMILES string of the molecule is N#Cc1ccc(N2CCOC(C#N)C2)c(F)c1Br. The lowest BCUT2D eigenvalue weighted by atomic mass is 10.1.